The van der Waals surface area contributed by atoms with Crippen LogP contribution in [0.3, 0.4) is 0 Å². The third kappa shape index (κ3) is 5.05. The lowest BCUT2D eigenvalue weighted by Crippen LogP contribution is -2.31. The zero-order chi connectivity index (χ0) is 20.8. The van der Waals surface area contributed by atoms with E-state index in [0.717, 1.165) is 39.7 Å². The highest BCUT2D eigenvalue weighted by atomic mass is 35.5. The lowest BCUT2D eigenvalue weighted by atomic mass is 10.0. The third-order valence-electron chi connectivity index (χ3n) is 5.40. The Bertz CT molecular complexity index is 1020. The molecule has 0 spiro atoms. The summed E-state index contributed by atoms with van der Waals surface area (Å²) in [5, 5.41) is 10.7. The van der Waals surface area contributed by atoms with Crippen molar-refractivity contribution in [3.63, 3.8) is 0 Å². The number of pyridine rings is 1. The molecule has 1 aliphatic rings. The molecular formula is C25H24ClN3S. The van der Waals surface area contributed by atoms with E-state index in [-0.39, 0.29) is 0 Å². The van der Waals surface area contributed by atoms with Gasteiger partial charge in [-0.1, -0.05) is 60.5 Å². The normalized spacial score (nSPS) is 14.4. The largest absolute Gasteiger partial charge is 0.303 e. The molecule has 4 rings (SSSR count). The summed E-state index contributed by atoms with van der Waals surface area (Å²) in [4.78, 5) is 8.41. The molecule has 0 saturated carbocycles. The predicted octanol–water partition coefficient (Wildman–Crippen LogP) is 6.52. The van der Waals surface area contributed by atoms with Gasteiger partial charge in [0.2, 0.25) is 0 Å². The summed E-state index contributed by atoms with van der Waals surface area (Å²) in [6.07, 6.45) is 3.93. The van der Waals surface area contributed by atoms with Crippen LogP contribution in [0.2, 0.25) is 5.02 Å². The van der Waals surface area contributed by atoms with Gasteiger partial charge in [-0.3, -0.25) is 0 Å². The maximum absolute atomic E-state index is 9.98. The topological polar surface area (TPSA) is 39.9 Å². The van der Waals surface area contributed by atoms with Crippen molar-refractivity contribution < 1.29 is 0 Å². The fraction of sp³-hybridized carbons (Fsp3) is 0.280. The van der Waals surface area contributed by atoms with E-state index in [2.05, 4.69) is 17.0 Å². The first-order chi connectivity index (χ1) is 14.7. The Morgan fingerprint density at radius 1 is 0.967 bits per heavy atom. The SMILES string of the molecule is N#Cc1c(SCCN2CCCCC2)cc(-c2ccc(Cl)cc2)nc1-c1ccccc1. The Balaban J connectivity index is 1.68. The number of nitriles is 1. The van der Waals surface area contributed by atoms with Crippen molar-refractivity contribution in [2.45, 2.75) is 24.2 Å². The molecule has 0 bridgehead atoms. The van der Waals surface area contributed by atoms with Crippen LogP contribution in [0.1, 0.15) is 24.8 Å². The fourth-order valence-corrected chi connectivity index (χ4v) is 4.96. The maximum Gasteiger partial charge on any atom is 0.103 e. The molecule has 3 nitrogen and oxygen atoms in total. The Kier molecular flexibility index (Phi) is 7.07. The summed E-state index contributed by atoms with van der Waals surface area (Å²) in [7, 11) is 0. The van der Waals surface area contributed by atoms with E-state index < -0.39 is 0 Å². The van der Waals surface area contributed by atoms with Gasteiger partial charge in [-0.25, -0.2) is 4.98 Å². The van der Waals surface area contributed by atoms with Gasteiger partial charge < -0.3 is 4.90 Å². The van der Waals surface area contributed by atoms with Gasteiger partial charge in [-0.2, -0.15) is 5.26 Å². The van der Waals surface area contributed by atoms with E-state index in [4.69, 9.17) is 16.6 Å². The van der Waals surface area contributed by atoms with Crippen molar-refractivity contribution in [3.8, 4) is 28.6 Å². The quantitative estimate of drug-likeness (QED) is 0.415. The van der Waals surface area contributed by atoms with Crippen molar-refractivity contribution in [1.82, 2.24) is 9.88 Å². The molecular weight excluding hydrogens is 410 g/mol. The third-order valence-corrected chi connectivity index (χ3v) is 6.67. The van der Waals surface area contributed by atoms with E-state index in [1.54, 1.807) is 11.8 Å². The highest BCUT2D eigenvalue weighted by Crippen LogP contribution is 2.34. The molecule has 5 heteroatoms. The van der Waals surface area contributed by atoms with Gasteiger partial charge in [0, 0.05) is 33.3 Å². The van der Waals surface area contributed by atoms with Crippen LogP contribution < -0.4 is 0 Å². The Morgan fingerprint density at radius 2 is 1.70 bits per heavy atom. The Morgan fingerprint density at radius 3 is 2.40 bits per heavy atom. The molecule has 2 heterocycles. The standard InChI is InChI=1S/C25H24ClN3S/c26-21-11-9-19(10-12-21)23-17-24(30-16-15-29-13-5-2-6-14-29)22(18-27)25(28-23)20-7-3-1-4-8-20/h1,3-4,7-12,17H,2,5-6,13-16H2. The average Bonchev–Trinajstić information content (AvgIpc) is 2.80. The highest BCUT2D eigenvalue weighted by Gasteiger charge is 2.17. The predicted molar refractivity (Wildman–Crippen MR) is 126 cm³/mol. The molecule has 0 N–H and O–H groups in total. The lowest BCUT2D eigenvalue weighted by molar-refractivity contribution is 0.242. The summed E-state index contributed by atoms with van der Waals surface area (Å²) in [5.41, 5.74) is 4.22. The van der Waals surface area contributed by atoms with Crippen LogP contribution in [0, 0.1) is 11.3 Å². The summed E-state index contributed by atoms with van der Waals surface area (Å²) in [6, 6.07) is 22.2. The second kappa shape index (κ2) is 10.1. The van der Waals surface area contributed by atoms with Gasteiger partial charge >= 0.3 is 0 Å². The van der Waals surface area contributed by atoms with Crippen LogP contribution >= 0.6 is 23.4 Å². The molecule has 1 aromatic heterocycles. The number of hydrogen-bond acceptors (Lipinski definition) is 4. The first-order valence-electron chi connectivity index (χ1n) is 10.4. The van der Waals surface area contributed by atoms with Crippen LogP contribution in [0.4, 0.5) is 0 Å². The molecule has 30 heavy (non-hydrogen) atoms. The van der Waals surface area contributed by atoms with E-state index in [0.29, 0.717) is 10.6 Å². The zero-order valence-electron chi connectivity index (χ0n) is 16.9. The monoisotopic (exact) mass is 433 g/mol. The molecule has 0 atom stereocenters. The number of hydrogen-bond donors (Lipinski definition) is 0. The summed E-state index contributed by atoms with van der Waals surface area (Å²) in [5.74, 6) is 0.965. The van der Waals surface area contributed by atoms with Crippen molar-refractivity contribution >= 4 is 23.4 Å². The minimum Gasteiger partial charge on any atom is -0.303 e. The van der Waals surface area contributed by atoms with Gasteiger partial charge in [-0.15, -0.1) is 11.8 Å². The van der Waals surface area contributed by atoms with E-state index in [9.17, 15) is 5.26 Å². The maximum atomic E-state index is 9.98. The van der Waals surface area contributed by atoms with E-state index >= 15 is 0 Å². The van der Waals surface area contributed by atoms with Gasteiger partial charge in [0.25, 0.3) is 0 Å². The van der Waals surface area contributed by atoms with Gasteiger partial charge in [0.15, 0.2) is 0 Å². The molecule has 0 radical (unpaired) electrons. The van der Waals surface area contributed by atoms with Crippen molar-refractivity contribution in [1.29, 1.82) is 5.26 Å². The molecule has 1 aliphatic heterocycles. The number of likely N-dealkylation sites (tertiary alicyclic amines) is 1. The minimum absolute atomic E-state index is 0.655. The van der Waals surface area contributed by atoms with Crippen LogP contribution in [0.25, 0.3) is 22.5 Å². The van der Waals surface area contributed by atoms with Crippen LogP contribution in [-0.2, 0) is 0 Å². The molecule has 0 aliphatic carbocycles. The molecule has 1 fully saturated rings. The minimum atomic E-state index is 0.655. The van der Waals surface area contributed by atoms with Crippen LogP contribution in [-0.4, -0.2) is 35.3 Å². The number of halogens is 1. The molecule has 2 aromatic carbocycles. The van der Waals surface area contributed by atoms with E-state index in [1.165, 1.54) is 32.4 Å². The number of nitrogens with zero attached hydrogens (tertiary/aromatic N) is 3. The number of thioether (sulfide) groups is 1. The first kappa shape index (κ1) is 20.9. The zero-order valence-corrected chi connectivity index (χ0v) is 18.4. The molecule has 0 amide bonds. The smallest absolute Gasteiger partial charge is 0.103 e. The van der Waals surface area contributed by atoms with Crippen molar-refractivity contribution in [3.05, 3.63) is 71.2 Å². The van der Waals surface area contributed by atoms with E-state index in [1.807, 2.05) is 54.6 Å². The molecule has 3 aromatic rings. The molecule has 0 unspecified atom stereocenters. The van der Waals surface area contributed by atoms with Crippen LogP contribution in [0.5, 0.6) is 0 Å². The Labute approximate surface area is 187 Å². The number of aromatic nitrogens is 1. The summed E-state index contributed by atoms with van der Waals surface area (Å²) >= 11 is 7.83. The summed E-state index contributed by atoms with van der Waals surface area (Å²) < 4.78 is 0. The van der Waals surface area contributed by atoms with Gasteiger partial charge in [-0.05, 0) is 44.1 Å². The van der Waals surface area contributed by atoms with Crippen molar-refractivity contribution in [2.75, 3.05) is 25.4 Å². The second-order valence-electron chi connectivity index (χ2n) is 7.46. The average molecular weight is 434 g/mol. The number of benzene rings is 2. The summed E-state index contributed by atoms with van der Waals surface area (Å²) in [6.45, 7) is 3.43. The highest BCUT2D eigenvalue weighted by molar-refractivity contribution is 7.99. The van der Waals surface area contributed by atoms with Gasteiger partial charge in [0.05, 0.1) is 17.0 Å². The Hall–Kier alpha value is -2.32. The van der Waals surface area contributed by atoms with Gasteiger partial charge in [0.1, 0.15) is 6.07 Å². The van der Waals surface area contributed by atoms with Crippen LogP contribution in [0.15, 0.2) is 65.6 Å². The van der Waals surface area contributed by atoms with Crippen molar-refractivity contribution in [2.24, 2.45) is 0 Å². The number of rotatable bonds is 6. The lowest BCUT2D eigenvalue weighted by Gasteiger charge is -2.26. The number of piperidine rings is 1. The first-order valence-corrected chi connectivity index (χ1v) is 11.7. The fourth-order valence-electron chi connectivity index (χ4n) is 3.78. The molecule has 152 valence electrons. The second-order valence-corrected chi connectivity index (χ2v) is 9.04. The molecule has 1 saturated heterocycles.